The molecule has 1 aromatic heterocycles. The Labute approximate surface area is 120 Å². The fourth-order valence-electron chi connectivity index (χ4n) is 1.86. The summed E-state index contributed by atoms with van der Waals surface area (Å²) >= 11 is 3.34. The third-order valence-electron chi connectivity index (χ3n) is 2.64. The molecule has 0 aliphatic heterocycles. The molecule has 2 aromatic rings. The molecular weight excluding hydrogens is 277 g/mol. The average molecular weight is 289 g/mol. The number of carboxylic acids is 1. The second-order valence-corrected chi connectivity index (χ2v) is 5.00. The topological polar surface area (TPSA) is 53.1 Å². The van der Waals surface area contributed by atoms with Crippen molar-refractivity contribution in [2.24, 2.45) is 0 Å². The number of halogens is 1. The van der Waals surface area contributed by atoms with Gasteiger partial charge in [0, 0.05) is 34.9 Å². The minimum Gasteiger partial charge on any atom is -0.478 e. The number of hydrogen-bond donors (Lipinski definition) is 2. The number of benzene rings is 1. The molecule has 0 fully saturated rings. The third kappa shape index (κ3) is 2.60. The number of H-pyrrole nitrogens is 1. The molecule has 0 saturated carbocycles. The summed E-state index contributed by atoms with van der Waals surface area (Å²) in [5.41, 5.74) is 2.13. The molecule has 1 heterocycles. The second-order valence-electron chi connectivity index (χ2n) is 4.08. The van der Waals surface area contributed by atoms with Crippen LogP contribution in [0.5, 0.6) is 0 Å². The Morgan fingerprint density at radius 2 is 2.06 bits per heavy atom. The molecule has 1 radical (unpaired) electrons. The summed E-state index contributed by atoms with van der Waals surface area (Å²) in [6.07, 6.45) is 1.88. The maximum atomic E-state index is 11.1. The molecular formula is C12H12BrLiNO2. The van der Waals surface area contributed by atoms with E-state index < -0.39 is 5.97 Å². The molecule has 0 bridgehead atoms. The van der Waals surface area contributed by atoms with Crippen molar-refractivity contribution < 1.29 is 9.90 Å². The van der Waals surface area contributed by atoms with Crippen LogP contribution in [0.25, 0.3) is 10.9 Å². The molecule has 0 spiro atoms. The van der Waals surface area contributed by atoms with Crippen LogP contribution in [0.3, 0.4) is 0 Å². The van der Waals surface area contributed by atoms with E-state index in [0.29, 0.717) is 17.0 Å². The standard InChI is InChI=1S/C12H12BrNO2.Li/c1-6(2)10-5-14-11-8(10)3-7(13)4-9(11)12(15)16;/h3-6,14H,1-2H3,(H,15,16);. The predicted molar refractivity (Wildman–Crippen MR) is 72.8 cm³/mol. The number of rotatable bonds is 2. The van der Waals surface area contributed by atoms with Crippen LogP contribution < -0.4 is 0 Å². The third-order valence-corrected chi connectivity index (χ3v) is 3.10. The van der Waals surface area contributed by atoms with Gasteiger partial charge in [-0.05, 0) is 23.6 Å². The largest absolute Gasteiger partial charge is 0.478 e. The van der Waals surface area contributed by atoms with E-state index in [9.17, 15) is 4.79 Å². The van der Waals surface area contributed by atoms with Gasteiger partial charge < -0.3 is 10.1 Å². The number of aromatic carboxylic acids is 1. The van der Waals surface area contributed by atoms with Gasteiger partial charge in [0.2, 0.25) is 0 Å². The van der Waals surface area contributed by atoms with Gasteiger partial charge in [0.15, 0.2) is 0 Å². The number of hydrogen-bond acceptors (Lipinski definition) is 1. The number of aromatic nitrogens is 1. The summed E-state index contributed by atoms with van der Waals surface area (Å²) < 4.78 is 0.791. The van der Waals surface area contributed by atoms with Gasteiger partial charge in [0.1, 0.15) is 0 Å². The summed E-state index contributed by atoms with van der Waals surface area (Å²) in [6.45, 7) is 4.17. The van der Waals surface area contributed by atoms with Crippen LogP contribution in [0.2, 0.25) is 0 Å². The monoisotopic (exact) mass is 288 g/mol. The minimum atomic E-state index is -0.913. The maximum absolute atomic E-state index is 11.1. The van der Waals surface area contributed by atoms with E-state index in [0.717, 1.165) is 15.4 Å². The van der Waals surface area contributed by atoms with Crippen LogP contribution in [-0.2, 0) is 0 Å². The van der Waals surface area contributed by atoms with Crippen LogP contribution in [0.1, 0.15) is 35.7 Å². The molecule has 0 atom stereocenters. The van der Waals surface area contributed by atoms with Crippen molar-refractivity contribution in [3.8, 4) is 0 Å². The number of fused-ring (bicyclic) bond motifs is 1. The van der Waals surface area contributed by atoms with Crippen molar-refractivity contribution in [3.63, 3.8) is 0 Å². The van der Waals surface area contributed by atoms with Gasteiger partial charge in [0.05, 0.1) is 11.1 Å². The molecule has 0 saturated heterocycles. The van der Waals surface area contributed by atoms with E-state index in [1.165, 1.54) is 0 Å². The van der Waals surface area contributed by atoms with E-state index in [2.05, 4.69) is 34.8 Å². The Morgan fingerprint density at radius 3 is 2.59 bits per heavy atom. The summed E-state index contributed by atoms with van der Waals surface area (Å²) in [7, 11) is 0. The van der Waals surface area contributed by atoms with E-state index in [-0.39, 0.29) is 18.9 Å². The second kappa shape index (κ2) is 5.30. The Morgan fingerprint density at radius 1 is 1.41 bits per heavy atom. The predicted octanol–water partition coefficient (Wildman–Crippen LogP) is 3.37. The van der Waals surface area contributed by atoms with Gasteiger partial charge in [-0.25, -0.2) is 4.79 Å². The normalized spacial score (nSPS) is 10.6. The molecule has 85 valence electrons. The molecule has 0 amide bonds. The van der Waals surface area contributed by atoms with Crippen molar-refractivity contribution in [2.45, 2.75) is 19.8 Å². The first kappa shape index (κ1) is 14.4. The van der Waals surface area contributed by atoms with Gasteiger partial charge in [-0.15, -0.1) is 0 Å². The first-order valence-electron chi connectivity index (χ1n) is 5.04. The molecule has 2 rings (SSSR count). The smallest absolute Gasteiger partial charge is 0.337 e. The van der Waals surface area contributed by atoms with Gasteiger partial charge >= 0.3 is 5.97 Å². The Balaban J connectivity index is 0.00000144. The molecule has 0 aliphatic rings. The zero-order valence-corrected chi connectivity index (χ0v) is 11.6. The van der Waals surface area contributed by atoms with Gasteiger partial charge in [0.25, 0.3) is 0 Å². The Kier molecular flexibility index (Phi) is 4.48. The molecule has 1 aromatic carbocycles. The first-order valence-corrected chi connectivity index (χ1v) is 5.84. The molecule has 17 heavy (non-hydrogen) atoms. The molecule has 5 heteroatoms. The van der Waals surface area contributed by atoms with E-state index >= 15 is 0 Å². The van der Waals surface area contributed by atoms with Crippen molar-refractivity contribution in [3.05, 3.63) is 33.9 Å². The average Bonchev–Trinajstić information content (AvgIpc) is 2.59. The number of carbonyl (C=O) groups is 1. The van der Waals surface area contributed by atoms with E-state index in [1.807, 2.05) is 12.3 Å². The van der Waals surface area contributed by atoms with Gasteiger partial charge in [-0.3, -0.25) is 0 Å². The van der Waals surface area contributed by atoms with Crippen LogP contribution >= 0.6 is 15.9 Å². The summed E-state index contributed by atoms with van der Waals surface area (Å²) in [5, 5.41) is 10.1. The zero-order chi connectivity index (χ0) is 11.9. The SMILES string of the molecule is CC(C)c1c[nH]c2c(C(=O)O)cc(Br)cc12.[Li]. The molecule has 3 nitrogen and oxygen atoms in total. The van der Waals surface area contributed by atoms with Gasteiger partial charge in [-0.2, -0.15) is 0 Å². The quantitative estimate of drug-likeness (QED) is 0.833. The Bertz CT molecular complexity index is 563. The van der Waals surface area contributed by atoms with Crippen molar-refractivity contribution >= 4 is 51.7 Å². The first-order chi connectivity index (χ1) is 7.50. The minimum absolute atomic E-state index is 0. The fraction of sp³-hybridized carbons (Fsp3) is 0.250. The Hall–Kier alpha value is -0.693. The fourth-order valence-corrected chi connectivity index (χ4v) is 2.32. The van der Waals surface area contributed by atoms with Crippen LogP contribution in [-0.4, -0.2) is 34.9 Å². The van der Waals surface area contributed by atoms with E-state index in [4.69, 9.17) is 5.11 Å². The van der Waals surface area contributed by atoms with Crippen molar-refractivity contribution in [1.29, 1.82) is 0 Å². The zero-order valence-electron chi connectivity index (χ0n) is 10.0. The number of nitrogens with one attached hydrogen (secondary N) is 1. The van der Waals surface area contributed by atoms with Crippen molar-refractivity contribution in [2.75, 3.05) is 0 Å². The summed E-state index contributed by atoms with van der Waals surface area (Å²) in [5.74, 6) is -0.548. The van der Waals surface area contributed by atoms with E-state index in [1.54, 1.807) is 6.07 Å². The molecule has 0 aliphatic carbocycles. The van der Waals surface area contributed by atoms with Gasteiger partial charge in [-0.1, -0.05) is 29.8 Å². The molecule has 2 N–H and O–H groups in total. The molecule has 0 unspecified atom stereocenters. The summed E-state index contributed by atoms with van der Waals surface area (Å²) in [6, 6.07) is 3.57. The van der Waals surface area contributed by atoms with Crippen LogP contribution in [0.15, 0.2) is 22.8 Å². The van der Waals surface area contributed by atoms with Crippen LogP contribution in [0, 0.1) is 0 Å². The van der Waals surface area contributed by atoms with Crippen LogP contribution in [0.4, 0.5) is 0 Å². The number of carboxylic acid groups (broad SMARTS) is 1. The summed E-state index contributed by atoms with van der Waals surface area (Å²) in [4.78, 5) is 14.2. The number of aromatic amines is 1. The maximum Gasteiger partial charge on any atom is 0.337 e. The van der Waals surface area contributed by atoms with Crippen molar-refractivity contribution in [1.82, 2.24) is 4.98 Å².